The summed E-state index contributed by atoms with van der Waals surface area (Å²) in [6, 6.07) is 8.44. The van der Waals surface area contributed by atoms with Crippen LogP contribution in [0.15, 0.2) is 24.3 Å². The van der Waals surface area contributed by atoms with Gasteiger partial charge in [-0.15, -0.1) is 0 Å². The van der Waals surface area contributed by atoms with Crippen molar-refractivity contribution in [2.45, 2.75) is 38.8 Å². The van der Waals surface area contributed by atoms with Gasteiger partial charge in [0, 0.05) is 19.6 Å². The number of carbonyl (C=O) groups is 1. The van der Waals surface area contributed by atoms with Gasteiger partial charge in [-0.05, 0) is 36.9 Å². The molecule has 116 valence electrons. The van der Waals surface area contributed by atoms with Crippen LogP contribution < -0.4 is 5.32 Å². The summed E-state index contributed by atoms with van der Waals surface area (Å²) in [6.07, 6.45) is 2.92. The van der Waals surface area contributed by atoms with Crippen molar-refractivity contribution in [3.63, 3.8) is 0 Å². The largest absolute Gasteiger partial charge is 0.468 e. The molecule has 0 radical (unpaired) electrons. The number of nitrogens with zero attached hydrogens (tertiary/aromatic N) is 1. The molecule has 0 saturated carbocycles. The molecule has 1 aromatic rings. The Labute approximate surface area is 127 Å². The number of methoxy groups -OCH3 is 1. The summed E-state index contributed by atoms with van der Waals surface area (Å²) in [5, 5.41) is 3.28. The number of nitrogens with one attached hydrogen (secondary N) is 1. The monoisotopic (exact) mass is 290 g/mol. The fraction of sp³-hybridized carbons (Fsp3) is 0.588. The average molecular weight is 290 g/mol. The molecular weight excluding hydrogens is 264 g/mol. The van der Waals surface area contributed by atoms with Crippen LogP contribution >= 0.6 is 0 Å². The van der Waals surface area contributed by atoms with Gasteiger partial charge >= 0.3 is 5.97 Å². The summed E-state index contributed by atoms with van der Waals surface area (Å²) >= 11 is 0. The number of hydrogen-bond donors (Lipinski definition) is 1. The number of ether oxygens (including phenoxy) is 1. The zero-order valence-electron chi connectivity index (χ0n) is 13.1. The van der Waals surface area contributed by atoms with E-state index >= 15 is 0 Å². The van der Waals surface area contributed by atoms with E-state index in [4.69, 9.17) is 4.74 Å². The minimum Gasteiger partial charge on any atom is -0.468 e. The van der Waals surface area contributed by atoms with Crippen LogP contribution in [0.3, 0.4) is 0 Å². The van der Waals surface area contributed by atoms with Crippen molar-refractivity contribution in [3.8, 4) is 0 Å². The maximum absolute atomic E-state index is 11.8. The average Bonchev–Trinajstić information content (AvgIpc) is 2.54. The van der Waals surface area contributed by atoms with E-state index < -0.39 is 0 Å². The second kappa shape index (κ2) is 8.15. The molecule has 1 N–H and O–H groups in total. The van der Waals surface area contributed by atoms with E-state index in [2.05, 4.69) is 41.4 Å². The Bertz CT molecular complexity index is 462. The molecule has 0 bridgehead atoms. The Morgan fingerprint density at radius 1 is 1.38 bits per heavy atom. The molecule has 4 heteroatoms. The van der Waals surface area contributed by atoms with Crippen LogP contribution in [-0.4, -0.2) is 43.7 Å². The van der Waals surface area contributed by atoms with Crippen LogP contribution in [0.5, 0.6) is 0 Å². The van der Waals surface area contributed by atoms with Gasteiger partial charge in [0.25, 0.3) is 0 Å². The maximum Gasteiger partial charge on any atom is 0.322 e. The first kappa shape index (κ1) is 16.0. The second-order valence-corrected chi connectivity index (χ2v) is 5.61. The van der Waals surface area contributed by atoms with Gasteiger partial charge in [-0.25, -0.2) is 0 Å². The van der Waals surface area contributed by atoms with Crippen molar-refractivity contribution in [1.82, 2.24) is 10.2 Å². The molecule has 1 aromatic carbocycles. The number of fused-ring (bicyclic) bond motifs is 1. The first-order valence-corrected chi connectivity index (χ1v) is 7.85. The molecule has 0 amide bonds. The van der Waals surface area contributed by atoms with Crippen molar-refractivity contribution < 1.29 is 9.53 Å². The van der Waals surface area contributed by atoms with Gasteiger partial charge in [0.15, 0.2) is 0 Å². The van der Waals surface area contributed by atoms with E-state index in [1.54, 1.807) is 0 Å². The zero-order chi connectivity index (χ0) is 15.1. The Morgan fingerprint density at radius 3 is 2.86 bits per heavy atom. The molecular formula is C17H26N2O2. The molecule has 1 aliphatic heterocycles. The molecule has 1 atom stereocenters. The lowest BCUT2D eigenvalue weighted by molar-refractivity contribution is -0.143. The van der Waals surface area contributed by atoms with Gasteiger partial charge in [-0.2, -0.15) is 0 Å². The second-order valence-electron chi connectivity index (χ2n) is 5.61. The minimum absolute atomic E-state index is 0.152. The lowest BCUT2D eigenvalue weighted by Gasteiger charge is -2.29. The van der Waals surface area contributed by atoms with Crippen LogP contribution in [-0.2, 0) is 22.5 Å². The molecule has 2 rings (SSSR count). The molecule has 1 unspecified atom stereocenters. The zero-order valence-corrected chi connectivity index (χ0v) is 13.1. The predicted molar refractivity (Wildman–Crippen MR) is 84.1 cm³/mol. The van der Waals surface area contributed by atoms with Crippen LogP contribution in [0.4, 0.5) is 0 Å². The van der Waals surface area contributed by atoms with Crippen LogP contribution in [0.25, 0.3) is 0 Å². The predicted octanol–water partition coefficient (Wildman–Crippen LogP) is 1.98. The summed E-state index contributed by atoms with van der Waals surface area (Å²) in [7, 11) is 1.46. The SMILES string of the molecule is CCCNC(CCN1CCc2ccccc2C1)C(=O)OC. The molecule has 1 aliphatic rings. The van der Waals surface area contributed by atoms with Gasteiger partial charge < -0.3 is 10.1 Å². The molecule has 0 fully saturated rings. The van der Waals surface area contributed by atoms with Crippen molar-refractivity contribution in [1.29, 1.82) is 0 Å². The van der Waals surface area contributed by atoms with E-state index in [9.17, 15) is 4.79 Å². The molecule has 0 aliphatic carbocycles. The summed E-state index contributed by atoms with van der Waals surface area (Å²) in [6.45, 7) is 5.92. The Morgan fingerprint density at radius 2 is 2.14 bits per heavy atom. The molecule has 4 nitrogen and oxygen atoms in total. The van der Waals surface area contributed by atoms with Gasteiger partial charge in [-0.3, -0.25) is 9.69 Å². The molecule has 21 heavy (non-hydrogen) atoms. The highest BCUT2D eigenvalue weighted by molar-refractivity contribution is 5.75. The van der Waals surface area contributed by atoms with E-state index in [1.807, 2.05) is 0 Å². The number of rotatable bonds is 7. The van der Waals surface area contributed by atoms with Crippen molar-refractivity contribution >= 4 is 5.97 Å². The van der Waals surface area contributed by atoms with E-state index in [0.29, 0.717) is 0 Å². The number of benzene rings is 1. The summed E-state index contributed by atoms with van der Waals surface area (Å²) in [5.74, 6) is -0.152. The highest BCUT2D eigenvalue weighted by Crippen LogP contribution is 2.18. The van der Waals surface area contributed by atoms with Crippen LogP contribution in [0, 0.1) is 0 Å². The van der Waals surface area contributed by atoms with Crippen molar-refractivity contribution in [2.24, 2.45) is 0 Å². The highest BCUT2D eigenvalue weighted by Gasteiger charge is 2.21. The maximum atomic E-state index is 11.8. The Kier molecular flexibility index (Phi) is 6.21. The fourth-order valence-electron chi connectivity index (χ4n) is 2.82. The quantitative estimate of drug-likeness (QED) is 0.780. The van der Waals surface area contributed by atoms with Crippen molar-refractivity contribution in [3.05, 3.63) is 35.4 Å². The van der Waals surface area contributed by atoms with E-state index in [-0.39, 0.29) is 12.0 Å². The van der Waals surface area contributed by atoms with E-state index in [1.165, 1.54) is 18.2 Å². The third-order valence-electron chi connectivity index (χ3n) is 4.07. The minimum atomic E-state index is -0.188. The Hall–Kier alpha value is -1.39. The first-order valence-electron chi connectivity index (χ1n) is 7.85. The van der Waals surface area contributed by atoms with Gasteiger partial charge in [-0.1, -0.05) is 31.2 Å². The first-order chi connectivity index (χ1) is 10.2. The summed E-state index contributed by atoms with van der Waals surface area (Å²) < 4.78 is 4.89. The smallest absolute Gasteiger partial charge is 0.322 e. The number of esters is 1. The Balaban J connectivity index is 1.85. The topological polar surface area (TPSA) is 41.6 Å². The molecule has 1 heterocycles. The van der Waals surface area contributed by atoms with Crippen LogP contribution in [0.2, 0.25) is 0 Å². The van der Waals surface area contributed by atoms with Gasteiger partial charge in [0.05, 0.1) is 7.11 Å². The highest BCUT2D eigenvalue weighted by atomic mass is 16.5. The fourth-order valence-corrected chi connectivity index (χ4v) is 2.82. The molecule has 0 spiro atoms. The lowest BCUT2D eigenvalue weighted by atomic mass is 9.99. The van der Waals surface area contributed by atoms with Crippen LogP contribution in [0.1, 0.15) is 30.9 Å². The number of carbonyl (C=O) groups excluding carboxylic acids is 1. The standard InChI is InChI=1S/C17H26N2O2/c1-3-10-18-16(17(20)21-2)9-12-19-11-8-14-6-4-5-7-15(14)13-19/h4-7,16,18H,3,8-13H2,1-2H3. The van der Waals surface area contributed by atoms with Gasteiger partial charge in [0.1, 0.15) is 6.04 Å². The number of hydrogen-bond acceptors (Lipinski definition) is 4. The van der Waals surface area contributed by atoms with E-state index in [0.717, 1.165) is 45.4 Å². The van der Waals surface area contributed by atoms with Gasteiger partial charge in [0.2, 0.25) is 0 Å². The normalized spacial score (nSPS) is 16.3. The lowest BCUT2D eigenvalue weighted by Crippen LogP contribution is -2.42. The summed E-state index contributed by atoms with van der Waals surface area (Å²) in [5.41, 5.74) is 2.88. The summed E-state index contributed by atoms with van der Waals surface area (Å²) in [4.78, 5) is 14.2. The molecule has 0 saturated heterocycles. The third kappa shape index (κ3) is 4.55. The molecule has 0 aromatic heterocycles. The van der Waals surface area contributed by atoms with Crippen molar-refractivity contribution in [2.75, 3.05) is 26.7 Å². The third-order valence-corrected chi connectivity index (χ3v) is 4.07.